The molecule has 3 aromatic rings. The lowest BCUT2D eigenvalue weighted by Crippen LogP contribution is -2.32. The van der Waals surface area contributed by atoms with E-state index in [4.69, 9.17) is 27.9 Å². The number of imidazole rings is 1. The molecule has 0 radical (unpaired) electrons. The van der Waals surface area contributed by atoms with Gasteiger partial charge in [-0.05, 0) is 18.2 Å². The number of nitro groups is 1. The summed E-state index contributed by atoms with van der Waals surface area (Å²) >= 11 is 12.4. The molecule has 0 N–H and O–H groups in total. The molecular formula is C21H20Cl2N3O3+. The molecule has 0 spiro atoms. The molecule has 8 heteroatoms. The van der Waals surface area contributed by atoms with Crippen LogP contribution in [0.3, 0.4) is 0 Å². The van der Waals surface area contributed by atoms with Gasteiger partial charge in [0, 0.05) is 21.7 Å². The average Bonchev–Trinajstić information content (AvgIpc) is 3.12. The van der Waals surface area contributed by atoms with Crippen molar-refractivity contribution in [2.45, 2.75) is 19.2 Å². The normalized spacial score (nSPS) is 11.9. The maximum atomic E-state index is 11.2. The van der Waals surface area contributed by atoms with Crippen LogP contribution in [0.1, 0.15) is 17.2 Å². The number of nitrogens with zero attached hydrogens (tertiary/aromatic N) is 3. The lowest BCUT2D eigenvalue weighted by Gasteiger charge is -2.17. The highest BCUT2D eigenvalue weighted by atomic mass is 35.5. The number of aromatic nitrogens is 2. The SMILES string of the molecule is C=CCOC(Cn1cc[n+](Cc2ccccc2[N+](=O)[O-])c1)c1ccc(Cl)cc1Cl. The number of hydrogen-bond acceptors (Lipinski definition) is 3. The lowest BCUT2D eigenvalue weighted by atomic mass is 10.1. The van der Waals surface area contributed by atoms with E-state index in [-0.39, 0.29) is 16.7 Å². The van der Waals surface area contributed by atoms with Crippen molar-refractivity contribution >= 4 is 28.9 Å². The monoisotopic (exact) mass is 432 g/mol. The number of rotatable bonds is 9. The third-order valence-electron chi connectivity index (χ3n) is 4.39. The zero-order valence-electron chi connectivity index (χ0n) is 15.6. The van der Waals surface area contributed by atoms with Gasteiger partial charge in [0.2, 0.25) is 6.33 Å². The first kappa shape index (κ1) is 21.0. The van der Waals surface area contributed by atoms with Crippen LogP contribution in [-0.2, 0) is 17.8 Å². The Hall–Kier alpha value is -2.67. The van der Waals surface area contributed by atoms with Crippen LogP contribution in [0, 0.1) is 10.1 Å². The van der Waals surface area contributed by atoms with Gasteiger partial charge in [-0.2, -0.15) is 0 Å². The zero-order chi connectivity index (χ0) is 20.8. The fourth-order valence-corrected chi connectivity index (χ4v) is 3.57. The summed E-state index contributed by atoms with van der Waals surface area (Å²) in [5.74, 6) is 0. The predicted molar refractivity (Wildman–Crippen MR) is 112 cm³/mol. The molecule has 0 aliphatic heterocycles. The Bertz CT molecular complexity index is 1020. The third-order valence-corrected chi connectivity index (χ3v) is 4.95. The van der Waals surface area contributed by atoms with Crippen molar-refractivity contribution in [2.75, 3.05) is 6.61 Å². The van der Waals surface area contributed by atoms with Gasteiger partial charge >= 0.3 is 0 Å². The molecule has 1 heterocycles. The van der Waals surface area contributed by atoms with E-state index >= 15 is 0 Å². The zero-order valence-corrected chi connectivity index (χ0v) is 17.1. The van der Waals surface area contributed by atoms with E-state index in [0.29, 0.717) is 35.3 Å². The quantitative estimate of drug-likeness (QED) is 0.207. The second-order valence-electron chi connectivity index (χ2n) is 6.45. The summed E-state index contributed by atoms with van der Waals surface area (Å²) in [7, 11) is 0. The molecule has 0 saturated carbocycles. The van der Waals surface area contributed by atoms with E-state index in [1.165, 1.54) is 6.07 Å². The molecule has 0 amide bonds. The van der Waals surface area contributed by atoms with Crippen molar-refractivity contribution in [3.63, 3.8) is 0 Å². The Balaban J connectivity index is 1.79. The number of ether oxygens (including phenoxy) is 1. The van der Waals surface area contributed by atoms with Gasteiger partial charge in [-0.1, -0.05) is 47.5 Å². The van der Waals surface area contributed by atoms with Crippen LogP contribution in [0.15, 0.2) is 73.8 Å². The maximum Gasteiger partial charge on any atom is 0.276 e. The smallest absolute Gasteiger partial charge is 0.276 e. The molecule has 3 rings (SSSR count). The molecule has 1 unspecified atom stereocenters. The first-order valence-corrected chi connectivity index (χ1v) is 9.68. The van der Waals surface area contributed by atoms with Crippen molar-refractivity contribution in [1.29, 1.82) is 0 Å². The van der Waals surface area contributed by atoms with Gasteiger partial charge in [0.1, 0.15) is 31.6 Å². The fourth-order valence-electron chi connectivity index (χ4n) is 3.04. The largest absolute Gasteiger partial charge is 0.365 e. The van der Waals surface area contributed by atoms with Crippen LogP contribution in [-0.4, -0.2) is 16.1 Å². The second kappa shape index (κ2) is 9.69. The molecule has 0 saturated heterocycles. The number of nitro benzene ring substituents is 1. The lowest BCUT2D eigenvalue weighted by molar-refractivity contribution is -0.688. The molecule has 29 heavy (non-hydrogen) atoms. The summed E-state index contributed by atoms with van der Waals surface area (Å²) in [6.07, 6.45) is 7.02. The molecule has 1 atom stereocenters. The van der Waals surface area contributed by atoms with E-state index in [0.717, 1.165) is 5.56 Å². The standard InChI is InChI=1S/C21H20Cl2N3O3/c1-2-11-29-21(18-8-7-17(22)12-19(18)23)14-25-10-9-24(15-25)13-16-5-3-4-6-20(16)26(27)28/h2-10,12,15,21H,1,11,13-14H2/q+1. The van der Waals surface area contributed by atoms with Gasteiger partial charge in [0.25, 0.3) is 5.69 Å². The van der Waals surface area contributed by atoms with E-state index in [1.807, 2.05) is 33.9 Å². The van der Waals surface area contributed by atoms with Crippen molar-refractivity contribution in [3.05, 3.63) is 105 Å². The first-order valence-electron chi connectivity index (χ1n) is 8.92. The maximum absolute atomic E-state index is 11.2. The Morgan fingerprint density at radius 1 is 1.28 bits per heavy atom. The van der Waals surface area contributed by atoms with Gasteiger partial charge in [0.15, 0.2) is 0 Å². The Morgan fingerprint density at radius 2 is 2.07 bits per heavy atom. The van der Waals surface area contributed by atoms with Crippen molar-refractivity contribution in [1.82, 2.24) is 4.57 Å². The van der Waals surface area contributed by atoms with Gasteiger partial charge in [-0.15, -0.1) is 6.58 Å². The third kappa shape index (κ3) is 5.44. The summed E-state index contributed by atoms with van der Waals surface area (Å²) in [4.78, 5) is 10.9. The molecule has 0 aliphatic rings. The Kier molecular flexibility index (Phi) is 7.04. The molecule has 0 bridgehead atoms. The van der Waals surface area contributed by atoms with Gasteiger partial charge in [-0.3, -0.25) is 10.1 Å². The van der Waals surface area contributed by atoms with Crippen LogP contribution in [0.25, 0.3) is 0 Å². The highest BCUT2D eigenvalue weighted by Crippen LogP contribution is 2.29. The summed E-state index contributed by atoms with van der Waals surface area (Å²) in [6.45, 7) is 4.98. The summed E-state index contributed by atoms with van der Waals surface area (Å²) in [6, 6.07) is 12.0. The van der Waals surface area contributed by atoms with E-state index in [2.05, 4.69) is 6.58 Å². The number of para-hydroxylation sites is 1. The van der Waals surface area contributed by atoms with Crippen molar-refractivity contribution < 1.29 is 14.2 Å². The average molecular weight is 433 g/mol. The minimum Gasteiger partial charge on any atom is -0.365 e. The fraction of sp³-hybridized carbons (Fsp3) is 0.190. The highest BCUT2D eigenvalue weighted by Gasteiger charge is 2.20. The van der Waals surface area contributed by atoms with Crippen LogP contribution in [0.2, 0.25) is 10.0 Å². The topological polar surface area (TPSA) is 61.2 Å². The Morgan fingerprint density at radius 3 is 2.79 bits per heavy atom. The van der Waals surface area contributed by atoms with Crippen LogP contribution >= 0.6 is 23.2 Å². The number of halogens is 2. The van der Waals surface area contributed by atoms with Gasteiger partial charge < -0.3 is 4.74 Å². The van der Waals surface area contributed by atoms with Crippen molar-refractivity contribution in [3.8, 4) is 0 Å². The number of benzene rings is 2. The van der Waals surface area contributed by atoms with E-state index in [9.17, 15) is 10.1 Å². The highest BCUT2D eigenvalue weighted by molar-refractivity contribution is 6.35. The molecular weight excluding hydrogens is 413 g/mol. The predicted octanol–water partition coefficient (Wildman–Crippen LogP) is 4.98. The summed E-state index contributed by atoms with van der Waals surface area (Å²) in [5, 5.41) is 12.3. The summed E-state index contributed by atoms with van der Waals surface area (Å²) < 4.78 is 9.75. The molecule has 2 aromatic carbocycles. The van der Waals surface area contributed by atoms with Crippen LogP contribution in [0.5, 0.6) is 0 Å². The van der Waals surface area contributed by atoms with Crippen molar-refractivity contribution in [2.24, 2.45) is 0 Å². The van der Waals surface area contributed by atoms with Gasteiger partial charge in [0.05, 0.1) is 17.1 Å². The molecule has 1 aromatic heterocycles. The van der Waals surface area contributed by atoms with E-state index in [1.54, 1.807) is 36.4 Å². The number of hydrogen-bond donors (Lipinski definition) is 0. The summed E-state index contributed by atoms with van der Waals surface area (Å²) in [5.41, 5.74) is 1.57. The minimum atomic E-state index is -0.366. The second-order valence-corrected chi connectivity index (χ2v) is 7.29. The molecule has 0 aliphatic carbocycles. The first-order chi connectivity index (χ1) is 14.0. The molecule has 0 fully saturated rings. The van der Waals surface area contributed by atoms with Gasteiger partial charge in [-0.25, -0.2) is 9.13 Å². The molecule has 6 nitrogen and oxygen atoms in total. The van der Waals surface area contributed by atoms with Crippen LogP contribution < -0.4 is 4.57 Å². The van der Waals surface area contributed by atoms with E-state index < -0.39 is 0 Å². The minimum absolute atomic E-state index is 0.105. The van der Waals surface area contributed by atoms with Crippen LogP contribution in [0.4, 0.5) is 5.69 Å². The molecule has 150 valence electrons. The Labute approximate surface area is 178 Å².